The molecule has 0 bridgehead atoms. The van der Waals surface area contributed by atoms with Crippen LogP contribution in [0.5, 0.6) is 0 Å². The van der Waals surface area contributed by atoms with E-state index in [1.165, 1.54) is 0 Å². The van der Waals surface area contributed by atoms with Crippen LogP contribution in [0, 0.1) is 5.92 Å². The Morgan fingerprint density at radius 1 is 1.43 bits per heavy atom. The Morgan fingerprint density at radius 3 is 2.57 bits per heavy atom. The molecule has 0 aromatic heterocycles. The molecule has 1 heterocycles. The van der Waals surface area contributed by atoms with Crippen LogP contribution in [0.4, 0.5) is 4.79 Å². The lowest BCUT2D eigenvalue weighted by atomic mass is 10.1. The second-order valence-corrected chi connectivity index (χ2v) is 7.65. The van der Waals surface area contributed by atoms with Gasteiger partial charge >= 0.3 is 6.09 Å². The van der Waals surface area contributed by atoms with E-state index in [2.05, 4.69) is 19.2 Å². The zero-order valence-corrected chi connectivity index (χ0v) is 14.7. The largest absolute Gasteiger partial charge is 0.444 e. The van der Waals surface area contributed by atoms with Gasteiger partial charge in [-0.15, -0.1) is 0 Å². The first-order valence-electron chi connectivity index (χ1n) is 7.90. The van der Waals surface area contributed by atoms with Crippen LogP contribution in [-0.4, -0.2) is 48.1 Å². The first kappa shape index (κ1) is 18.2. The van der Waals surface area contributed by atoms with Gasteiger partial charge in [-0.1, -0.05) is 13.8 Å². The Kier molecular flexibility index (Phi) is 6.05. The van der Waals surface area contributed by atoms with Gasteiger partial charge < -0.3 is 14.8 Å². The van der Waals surface area contributed by atoms with Crippen LogP contribution in [-0.2, 0) is 9.47 Å². The van der Waals surface area contributed by atoms with Crippen molar-refractivity contribution in [3.05, 3.63) is 0 Å². The summed E-state index contributed by atoms with van der Waals surface area (Å²) in [5.41, 5.74) is -1.11. The lowest BCUT2D eigenvalue weighted by molar-refractivity contribution is -0.0623. The number of ether oxygens (including phenoxy) is 2. The number of nitrogens with one attached hydrogen (secondary N) is 1. The zero-order valence-electron chi connectivity index (χ0n) is 14.7. The molecule has 5 nitrogen and oxygen atoms in total. The van der Waals surface area contributed by atoms with Crippen molar-refractivity contribution in [2.24, 2.45) is 5.92 Å². The molecule has 1 aliphatic heterocycles. The summed E-state index contributed by atoms with van der Waals surface area (Å²) in [4.78, 5) is 14.1. The summed E-state index contributed by atoms with van der Waals surface area (Å²) < 4.78 is 11.3. The van der Waals surface area contributed by atoms with E-state index in [0.717, 1.165) is 19.5 Å². The molecule has 1 aliphatic rings. The maximum Gasteiger partial charge on any atom is 0.412 e. The van der Waals surface area contributed by atoms with E-state index >= 15 is 0 Å². The quantitative estimate of drug-likeness (QED) is 0.793. The van der Waals surface area contributed by atoms with Gasteiger partial charge in [0.15, 0.2) is 0 Å². The van der Waals surface area contributed by atoms with Crippen LogP contribution in [0.15, 0.2) is 0 Å². The molecule has 0 aromatic carbocycles. The van der Waals surface area contributed by atoms with E-state index in [4.69, 9.17) is 9.47 Å². The second kappa shape index (κ2) is 6.97. The van der Waals surface area contributed by atoms with Gasteiger partial charge in [0, 0.05) is 6.54 Å². The number of amides is 1. The number of carbonyl (C=O) groups excluding carboxylic acids is 1. The van der Waals surface area contributed by atoms with E-state index in [9.17, 15) is 4.79 Å². The molecule has 1 N–H and O–H groups in total. The monoisotopic (exact) mass is 300 g/mol. The van der Waals surface area contributed by atoms with Crippen molar-refractivity contribution in [2.75, 3.05) is 19.7 Å². The van der Waals surface area contributed by atoms with Gasteiger partial charge in [-0.2, -0.15) is 0 Å². The highest BCUT2D eigenvalue weighted by atomic mass is 16.6. The van der Waals surface area contributed by atoms with Crippen LogP contribution in [0.25, 0.3) is 0 Å². The Balaban J connectivity index is 2.60. The Labute approximate surface area is 129 Å². The molecule has 1 amide bonds. The minimum atomic E-state index is -0.618. The van der Waals surface area contributed by atoms with Crippen molar-refractivity contribution in [1.29, 1.82) is 0 Å². The minimum absolute atomic E-state index is 0.0158. The first-order valence-corrected chi connectivity index (χ1v) is 7.90. The van der Waals surface area contributed by atoms with E-state index in [-0.39, 0.29) is 12.1 Å². The number of nitrogens with zero attached hydrogens (tertiary/aromatic N) is 1. The molecule has 1 unspecified atom stereocenters. The molecule has 0 aliphatic carbocycles. The van der Waals surface area contributed by atoms with Crippen molar-refractivity contribution in [3.8, 4) is 0 Å². The molecule has 5 heteroatoms. The van der Waals surface area contributed by atoms with Crippen molar-refractivity contribution >= 4 is 6.09 Å². The van der Waals surface area contributed by atoms with Gasteiger partial charge in [-0.3, -0.25) is 4.90 Å². The summed E-state index contributed by atoms with van der Waals surface area (Å²) in [5, 5.41) is 3.41. The van der Waals surface area contributed by atoms with Crippen LogP contribution < -0.4 is 5.32 Å². The lowest BCUT2D eigenvalue weighted by Crippen LogP contribution is -2.52. The third-order valence-corrected chi connectivity index (χ3v) is 3.44. The van der Waals surface area contributed by atoms with Gasteiger partial charge in [-0.25, -0.2) is 4.79 Å². The normalized spacial score (nSPS) is 21.9. The second-order valence-electron chi connectivity index (χ2n) is 7.65. The van der Waals surface area contributed by atoms with Crippen LogP contribution in [0.1, 0.15) is 54.9 Å². The van der Waals surface area contributed by atoms with Gasteiger partial charge in [0.25, 0.3) is 0 Å². The van der Waals surface area contributed by atoms with Crippen LogP contribution in [0.2, 0.25) is 0 Å². The number of rotatable bonds is 5. The van der Waals surface area contributed by atoms with Gasteiger partial charge in [0.2, 0.25) is 0 Å². The SMILES string of the molecule is CC(C)CCNCC1COC(C)(C)N1C(=O)OC(C)(C)C. The summed E-state index contributed by atoms with van der Waals surface area (Å²) in [6.07, 6.45) is 0.823. The average Bonchev–Trinajstić information content (AvgIpc) is 2.57. The minimum Gasteiger partial charge on any atom is -0.444 e. The fourth-order valence-corrected chi connectivity index (χ4v) is 2.37. The number of hydrogen-bond donors (Lipinski definition) is 1. The Hall–Kier alpha value is -0.810. The Morgan fingerprint density at radius 2 is 2.05 bits per heavy atom. The highest BCUT2D eigenvalue weighted by Crippen LogP contribution is 2.29. The van der Waals surface area contributed by atoms with Crippen molar-refractivity contribution in [3.63, 3.8) is 0 Å². The summed E-state index contributed by atoms with van der Waals surface area (Å²) in [6, 6.07) is 0.0158. The molecule has 21 heavy (non-hydrogen) atoms. The van der Waals surface area contributed by atoms with Gasteiger partial charge in [-0.05, 0) is 53.5 Å². The molecule has 1 saturated heterocycles. The molecule has 0 spiro atoms. The van der Waals surface area contributed by atoms with E-state index in [0.29, 0.717) is 12.5 Å². The molecule has 0 radical (unpaired) electrons. The number of carbonyl (C=O) groups is 1. The summed E-state index contributed by atoms with van der Waals surface area (Å²) in [5.74, 6) is 0.677. The van der Waals surface area contributed by atoms with Gasteiger partial charge in [0.05, 0.1) is 12.6 Å². The van der Waals surface area contributed by atoms with Crippen LogP contribution in [0.3, 0.4) is 0 Å². The van der Waals surface area contributed by atoms with Crippen molar-refractivity contribution in [2.45, 2.75) is 72.3 Å². The van der Waals surface area contributed by atoms with Crippen LogP contribution >= 0.6 is 0 Å². The first-order chi connectivity index (χ1) is 9.53. The maximum atomic E-state index is 12.4. The highest BCUT2D eigenvalue weighted by Gasteiger charge is 2.45. The predicted molar refractivity (Wildman–Crippen MR) is 84.2 cm³/mol. The standard InChI is InChI=1S/C16H32N2O3/c1-12(2)8-9-17-10-13-11-20-16(6,7)18(13)14(19)21-15(3,4)5/h12-13,17H,8-11H2,1-7H3. The van der Waals surface area contributed by atoms with Gasteiger partial charge in [0.1, 0.15) is 11.3 Å². The third-order valence-electron chi connectivity index (χ3n) is 3.44. The fraction of sp³-hybridized carbons (Fsp3) is 0.938. The summed E-state index contributed by atoms with van der Waals surface area (Å²) >= 11 is 0. The van der Waals surface area contributed by atoms with Crippen molar-refractivity contribution < 1.29 is 14.3 Å². The predicted octanol–water partition coefficient (Wildman–Crippen LogP) is 2.99. The number of hydrogen-bond acceptors (Lipinski definition) is 4. The molecule has 0 saturated carbocycles. The highest BCUT2D eigenvalue weighted by molar-refractivity contribution is 5.69. The lowest BCUT2D eigenvalue weighted by Gasteiger charge is -2.35. The maximum absolute atomic E-state index is 12.4. The Bertz CT molecular complexity index is 348. The molecule has 1 fully saturated rings. The van der Waals surface area contributed by atoms with Crippen molar-refractivity contribution in [1.82, 2.24) is 10.2 Å². The summed E-state index contributed by atoms with van der Waals surface area (Å²) in [6.45, 7) is 16.1. The summed E-state index contributed by atoms with van der Waals surface area (Å²) in [7, 11) is 0. The molecule has 0 aromatic rings. The van der Waals surface area contributed by atoms with E-state index in [1.54, 1.807) is 4.90 Å². The molecular weight excluding hydrogens is 268 g/mol. The smallest absolute Gasteiger partial charge is 0.412 e. The third kappa shape index (κ3) is 5.83. The zero-order chi connectivity index (χ0) is 16.3. The molecule has 1 rings (SSSR count). The van der Waals surface area contributed by atoms with E-state index in [1.807, 2.05) is 34.6 Å². The molecule has 124 valence electrons. The van der Waals surface area contributed by atoms with E-state index < -0.39 is 11.3 Å². The fourth-order valence-electron chi connectivity index (χ4n) is 2.37. The molecule has 1 atom stereocenters. The average molecular weight is 300 g/mol. The topological polar surface area (TPSA) is 50.8 Å². The molecular formula is C16H32N2O3.